The van der Waals surface area contributed by atoms with E-state index in [0.717, 1.165) is 20.9 Å². The normalized spacial score (nSPS) is 12.4. The Kier molecular flexibility index (Phi) is 4.82. The van der Waals surface area contributed by atoms with Crippen LogP contribution in [-0.4, -0.2) is 29.7 Å². The van der Waals surface area contributed by atoms with Gasteiger partial charge in [-0.3, -0.25) is 28.1 Å². The summed E-state index contributed by atoms with van der Waals surface area (Å²) < 4.78 is 3.26. The molecule has 0 amide bonds. The summed E-state index contributed by atoms with van der Waals surface area (Å²) in [4.78, 5) is 54.6. The first-order valence-corrected chi connectivity index (χ1v) is 9.61. The van der Waals surface area contributed by atoms with Crippen LogP contribution in [0.2, 0.25) is 0 Å². The van der Waals surface area contributed by atoms with Gasteiger partial charge in [0.2, 0.25) is 0 Å². The smallest absolute Gasteiger partial charge is 0.332 e. The third kappa shape index (κ3) is 3.02. The van der Waals surface area contributed by atoms with Crippen LogP contribution in [0.5, 0.6) is 0 Å². The van der Waals surface area contributed by atoms with Crippen molar-refractivity contribution in [1.82, 2.24) is 18.7 Å². The van der Waals surface area contributed by atoms with Gasteiger partial charge in [0, 0.05) is 21.1 Å². The molecule has 0 aliphatic rings. The van der Waals surface area contributed by atoms with Gasteiger partial charge in [-0.2, -0.15) is 0 Å². The zero-order valence-corrected chi connectivity index (χ0v) is 16.7. The molecule has 0 aliphatic carbocycles. The maximum Gasteiger partial charge on any atom is 0.332 e. The average Bonchev–Trinajstić information content (AvgIpc) is 3.11. The first kappa shape index (κ1) is 19.1. The second-order valence-corrected chi connectivity index (χ2v) is 8.19. The topological polar surface area (TPSA) is 122 Å². The number of Topliss-reactive ketones (excluding diaryl/α,β-unsaturated/α-hetero) is 1. The Balaban J connectivity index is 2.04. The van der Waals surface area contributed by atoms with Crippen molar-refractivity contribution in [1.29, 1.82) is 0 Å². The van der Waals surface area contributed by atoms with E-state index in [0.29, 0.717) is 15.4 Å². The highest BCUT2D eigenvalue weighted by Crippen LogP contribution is 2.26. The first-order valence-electron chi connectivity index (χ1n) is 7.85. The van der Waals surface area contributed by atoms with Gasteiger partial charge in [-0.1, -0.05) is 11.8 Å². The number of ketones is 1. The maximum atomic E-state index is 12.9. The van der Waals surface area contributed by atoms with Crippen molar-refractivity contribution in [2.75, 3.05) is 5.73 Å². The zero-order chi connectivity index (χ0) is 20.0. The predicted molar refractivity (Wildman–Crippen MR) is 106 cm³/mol. The van der Waals surface area contributed by atoms with Crippen molar-refractivity contribution >= 4 is 44.9 Å². The van der Waals surface area contributed by atoms with Crippen LogP contribution < -0.4 is 22.5 Å². The standard InChI is InChI=1S/C16H17N5O4S2/c1-7(10(22)9-11(17)19(2)16(25)21(4)14(9)24)27-15-18-12-8(5-6-26-12)13(23)20(15)3/h5-7H,17H2,1-4H3. The van der Waals surface area contributed by atoms with Crippen LogP contribution in [0.25, 0.3) is 10.2 Å². The van der Waals surface area contributed by atoms with Gasteiger partial charge in [0.15, 0.2) is 10.9 Å². The molecule has 0 radical (unpaired) electrons. The highest BCUT2D eigenvalue weighted by Gasteiger charge is 2.26. The van der Waals surface area contributed by atoms with E-state index in [4.69, 9.17) is 5.73 Å². The van der Waals surface area contributed by atoms with E-state index >= 15 is 0 Å². The third-order valence-electron chi connectivity index (χ3n) is 4.27. The molecule has 0 fully saturated rings. The van der Waals surface area contributed by atoms with Crippen molar-refractivity contribution < 1.29 is 4.79 Å². The van der Waals surface area contributed by atoms with E-state index in [-0.39, 0.29) is 16.9 Å². The fraction of sp³-hybridized carbons (Fsp3) is 0.312. The van der Waals surface area contributed by atoms with Crippen molar-refractivity contribution in [3.05, 3.63) is 48.2 Å². The molecule has 0 aromatic carbocycles. The van der Waals surface area contributed by atoms with E-state index < -0.39 is 22.3 Å². The number of anilines is 1. The van der Waals surface area contributed by atoms with Crippen LogP contribution in [0.1, 0.15) is 17.3 Å². The molecule has 142 valence electrons. The van der Waals surface area contributed by atoms with Crippen LogP contribution in [-0.2, 0) is 21.1 Å². The molecule has 27 heavy (non-hydrogen) atoms. The molecule has 3 aromatic heterocycles. The monoisotopic (exact) mass is 407 g/mol. The summed E-state index contributed by atoms with van der Waals surface area (Å²) in [5.74, 6) is -0.717. The Morgan fingerprint density at radius 1 is 1.15 bits per heavy atom. The lowest BCUT2D eigenvalue weighted by Gasteiger charge is -2.15. The molecule has 0 saturated heterocycles. The predicted octanol–water partition coefficient (Wildman–Crippen LogP) is 0.338. The quantitative estimate of drug-likeness (QED) is 0.376. The lowest BCUT2D eigenvalue weighted by molar-refractivity contribution is 0.0992. The van der Waals surface area contributed by atoms with Gasteiger partial charge in [0.05, 0.1) is 10.6 Å². The molecule has 2 N–H and O–H groups in total. The summed E-state index contributed by atoms with van der Waals surface area (Å²) in [5.41, 5.74) is 4.04. The fourth-order valence-corrected chi connectivity index (χ4v) is 4.33. The molecule has 3 aromatic rings. The minimum atomic E-state index is -0.747. The number of carbonyl (C=O) groups excluding carboxylic acids is 1. The molecule has 0 saturated carbocycles. The molecular weight excluding hydrogens is 390 g/mol. The van der Waals surface area contributed by atoms with E-state index in [2.05, 4.69) is 4.98 Å². The van der Waals surface area contributed by atoms with Crippen molar-refractivity contribution in [2.24, 2.45) is 21.1 Å². The van der Waals surface area contributed by atoms with Gasteiger partial charge in [-0.25, -0.2) is 9.78 Å². The van der Waals surface area contributed by atoms with Crippen LogP contribution in [0.4, 0.5) is 5.82 Å². The van der Waals surface area contributed by atoms with Gasteiger partial charge in [0.1, 0.15) is 16.2 Å². The lowest BCUT2D eigenvalue weighted by atomic mass is 10.1. The molecule has 9 nitrogen and oxygen atoms in total. The fourth-order valence-electron chi connectivity index (χ4n) is 2.59. The summed E-state index contributed by atoms with van der Waals surface area (Å²) in [6.07, 6.45) is 0. The lowest BCUT2D eigenvalue weighted by Crippen LogP contribution is -2.42. The molecule has 3 rings (SSSR count). The molecule has 0 aliphatic heterocycles. The van der Waals surface area contributed by atoms with Crippen molar-refractivity contribution in [2.45, 2.75) is 17.3 Å². The molecule has 1 atom stereocenters. The minimum Gasteiger partial charge on any atom is -0.384 e. The molecule has 1 unspecified atom stereocenters. The zero-order valence-electron chi connectivity index (χ0n) is 15.0. The maximum absolute atomic E-state index is 12.9. The Morgan fingerprint density at radius 3 is 2.48 bits per heavy atom. The van der Waals surface area contributed by atoms with Crippen LogP contribution in [0, 0.1) is 0 Å². The second-order valence-electron chi connectivity index (χ2n) is 5.99. The highest BCUT2D eigenvalue weighted by molar-refractivity contribution is 8.00. The van der Waals surface area contributed by atoms with Crippen molar-refractivity contribution in [3.63, 3.8) is 0 Å². The first-order chi connectivity index (χ1) is 12.6. The van der Waals surface area contributed by atoms with E-state index in [1.807, 2.05) is 0 Å². The number of nitrogen functional groups attached to an aromatic ring is 1. The Bertz CT molecular complexity index is 1250. The molecule has 11 heteroatoms. The summed E-state index contributed by atoms with van der Waals surface area (Å²) in [6, 6.07) is 1.70. The Labute approximate surface area is 161 Å². The van der Waals surface area contributed by atoms with Crippen molar-refractivity contribution in [3.8, 4) is 0 Å². The Hall–Kier alpha value is -2.66. The number of hydrogen-bond donors (Lipinski definition) is 1. The average molecular weight is 407 g/mol. The number of nitrogens with zero attached hydrogens (tertiary/aromatic N) is 4. The number of fused-ring (bicyclic) bond motifs is 1. The van der Waals surface area contributed by atoms with Crippen LogP contribution in [0.3, 0.4) is 0 Å². The molecule has 0 spiro atoms. The van der Waals surface area contributed by atoms with Gasteiger partial charge >= 0.3 is 5.69 Å². The van der Waals surface area contributed by atoms with E-state index in [1.54, 1.807) is 25.4 Å². The summed E-state index contributed by atoms with van der Waals surface area (Å²) >= 11 is 2.39. The summed E-state index contributed by atoms with van der Waals surface area (Å²) in [6.45, 7) is 1.60. The molecule has 3 heterocycles. The molecular formula is C16H17N5O4S2. The largest absolute Gasteiger partial charge is 0.384 e. The van der Waals surface area contributed by atoms with E-state index in [1.165, 1.54) is 30.0 Å². The van der Waals surface area contributed by atoms with Gasteiger partial charge in [-0.05, 0) is 18.4 Å². The molecule has 0 bridgehead atoms. The number of nitrogens with two attached hydrogens (primary N) is 1. The number of carbonyl (C=O) groups is 1. The number of thiophene rings is 1. The third-order valence-corrected chi connectivity index (χ3v) is 6.22. The van der Waals surface area contributed by atoms with Crippen LogP contribution in [0.15, 0.2) is 31.0 Å². The summed E-state index contributed by atoms with van der Waals surface area (Å²) in [7, 11) is 4.25. The van der Waals surface area contributed by atoms with Gasteiger partial charge in [0.25, 0.3) is 11.1 Å². The number of hydrogen-bond acceptors (Lipinski definition) is 8. The highest BCUT2D eigenvalue weighted by atomic mass is 32.2. The number of rotatable bonds is 4. The van der Waals surface area contributed by atoms with Crippen LogP contribution >= 0.6 is 23.1 Å². The summed E-state index contributed by atoms with van der Waals surface area (Å²) in [5, 5.41) is 1.91. The second kappa shape index (κ2) is 6.82. The Morgan fingerprint density at radius 2 is 1.81 bits per heavy atom. The van der Waals surface area contributed by atoms with Gasteiger partial charge < -0.3 is 5.73 Å². The van der Waals surface area contributed by atoms with Gasteiger partial charge in [-0.15, -0.1) is 11.3 Å². The minimum absolute atomic E-state index is 0.184. The number of thioether (sulfide) groups is 1. The SMILES string of the molecule is CC(Sc1nc2sccc2c(=O)n1C)C(=O)c1c(N)n(C)c(=O)n(C)c1=O. The van der Waals surface area contributed by atoms with E-state index in [9.17, 15) is 19.2 Å². The number of aromatic nitrogens is 4.